The highest BCUT2D eigenvalue weighted by Crippen LogP contribution is 2.65. The molecular formula is C47H45NS. The second kappa shape index (κ2) is 12.1. The van der Waals surface area contributed by atoms with Gasteiger partial charge < -0.3 is 4.90 Å². The van der Waals surface area contributed by atoms with Crippen LogP contribution < -0.4 is 0 Å². The topological polar surface area (TPSA) is 3.24 Å². The first-order valence-corrected chi connectivity index (χ1v) is 19.8. The SMILES string of the molecule is C1=CC2C3=CCCC(N(C4CC=CCC4)C4CC=CC5=C4CCC=C5)=C3SC2C(C2(c3ccccc3)C3=CCCC=C3c3ccccc32)=C1. The zero-order valence-corrected chi connectivity index (χ0v) is 29.2. The van der Waals surface area contributed by atoms with E-state index in [0.29, 0.717) is 23.3 Å². The number of fused-ring (bicyclic) bond motifs is 6. The number of nitrogens with zero attached hydrogens (tertiary/aromatic N) is 1. The maximum atomic E-state index is 2.99. The van der Waals surface area contributed by atoms with Crippen LogP contribution in [0.5, 0.6) is 0 Å². The molecule has 0 bridgehead atoms. The maximum Gasteiger partial charge on any atom is 0.0684 e. The lowest BCUT2D eigenvalue weighted by Gasteiger charge is -2.46. The van der Waals surface area contributed by atoms with Gasteiger partial charge in [-0.15, -0.1) is 11.8 Å². The van der Waals surface area contributed by atoms with Gasteiger partial charge in [-0.3, -0.25) is 0 Å². The van der Waals surface area contributed by atoms with Crippen molar-refractivity contribution in [1.82, 2.24) is 4.90 Å². The third-order valence-electron chi connectivity index (χ3n) is 12.5. The van der Waals surface area contributed by atoms with Crippen molar-refractivity contribution >= 4 is 17.3 Å². The summed E-state index contributed by atoms with van der Waals surface area (Å²) in [5.74, 6) is 0.395. The van der Waals surface area contributed by atoms with Crippen molar-refractivity contribution in [1.29, 1.82) is 0 Å². The van der Waals surface area contributed by atoms with E-state index in [2.05, 4.69) is 144 Å². The van der Waals surface area contributed by atoms with Gasteiger partial charge in [0, 0.05) is 27.8 Å². The minimum atomic E-state index is -0.282. The van der Waals surface area contributed by atoms with Crippen LogP contribution in [0.15, 0.2) is 166 Å². The molecule has 0 amide bonds. The number of rotatable bonds is 5. The number of benzene rings is 2. The van der Waals surface area contributed by atoms with Crippen LogP contribution in [0.4, 0.5) is 0 Å². The predicted octanol–water partition coefficient (Wildman–Crippen LogP) is 11.6. The molecule has 5 atom stereocenters. The van der Waals surface area contributed by atoms with E-state index < -0.39 is 0 Å². The summed E-state index contributed by atoms with van der Waals surface area (Å²) in [5.41, 5.74) is 15.0. The van der Waals surface area contributed by atoms with Gasteiger partial charge in [0.25, 0.3) is 0 Å². The second-order valence-electron chi connectivity index (χ2n) is 14.9. The molecule has 0 aromatic heterocycles. The molecule has 10 rings (SSSR count). The molecule has 1 saturated heterocycles. The van der Waals surface area contributed by atoms with Crippen molar-refractivity contribution in [2.45, 2.75) is 87.0 Å². The van der Waals surface area contributed by atoms with E-state index in [1.54, 1.807) is 27.3 Å². The number of allylic oxidation sites excluding steroid dienone is 15. The van der Waals surface area contributed by atoms with E-state index in [4.69, 9.17) is 0 Å². The van der Waals surface area contributed by atoms with Crippen LogP contribution in [-0.4, -0.2) is 22.2 Å². The molecule has 0 N–H and O–H groups in total. The summed E-state index contributed by atoms with van der Waals surface area (Å²) in [7, 11) is 0. The van der Waals surface area contributed by atoms with Crippen molar-refractivity contribution in [3.05, 3.63) is 183 Å². The Morgan fingerprint density at radius 2 is 1.63 bits per heavy atom. The fourth-order valence-electron chi connectivity index (χ4n) is 10.6. The molecular weight excluding hydrogens is 611 g/mol. The molecule has 1 fully saturated rings. The summed E-state index contributed by atoms with van der Waals surface area (Å²) >= 11 is 2.21. The largest absolute Gasteiger partial charge is 0.364 e. The fraction of sp³-hybridized carbons (Fsp3) is 0.319. The van der Waals surface area contributed by atoms with Crippen LogP contribution >= 0.6 is 11.8 Å². The van der Waals surface area contributed by atoms with Crippen LogP contribution in [0.2, 0.25) is 0 Å². The fourth-order valence-corrected chi connectivity index (χ4v) is 12.3. The van der Waals surface area contributed by atoms with Gasteiger partial charge >= 0.3 is 0 Å². The van der Waals surface area contributed by atoms with Crippen LogP contribution in [0.3, 0.4) is 0 Å². The summed E-state index contributed by atoms with van der Waals surface area (Å²) in [5, 5.41) is 0.363. The van der Waals surface area contributed by atoms with E-state index in [-0.39, 0.29) is 5.41 Å². The monoisotopic (exact) mass is 655 g/mol. The Kier molecular flexibility index (Phi) is 7.37. The van der Waals surface area contributed by atoms with E-state index in [9.17, 15) is 0 Å². The highest BCUT2D eigenvalue weighted by molar-refractivity contribution is 8.04. The molecule has 0 radical (unpaired) electrons. The molecule has 7 aliphatic carbocycles. The summed E-state index contributed by atoms with van der Waals surface area (Å²) < 4.78 is 0. The second-order valence-corrected chi connectivity index (χ2v) is 16.1. The zero-order valence-electron chi connectivity index (χ0n) is 28.4. The third-order valence-corrected chi connectivity index (χ3v) is 14.0. The Bertz CT molecular complexity index is 2020. The molecule has 244 valence electrons. The van der Waals surface area contributed by atoms with Gasteiger partial charge in [0.05, 0.1) is 11.5 Å². The Morgan fingerprint density at radius 1 is 0.755 bits per heavy atom. The van der Waals surface area contributed by atoms with E-state index in [1.165, 1.54) is 59.1 Å². The highest BCUT2D eigenvalue weighted by atomic mass is 32.2. The first-order chi connectivity index (χ1) is 24.3. The lowest BCUT2D eigenvalue weighted by molar-refractivity contribution is 0.181. The van der Waals surface area contributed by atoms with Gasteiger partial charge in [0.1, 0.15) is 0 Å². The average molecular weight is 656 g/mol. The Balaban J connectivity index is 1.14. The Labute approximate surface area is 296 Å². The van der Waals surface area contributed by atoms with Crippen molar-refractivity contribution in [2.75, 3.05) is 0 Å². The van der Waals surface area contributed by atoms with Crippen LogP contribution in [-0.2, 0) is 5.41 Å². The van der Waals surface area contributed by atoms with Crippen LogP contribution in [0, 0.1) is 5.92 Å². The maximum absolute atomic E-state index is 2.99. The van der Waals surface area contributed by atoms with Crippen molar-refractivity contribution in [3.8, 4) is 0 Å². The molecule has 49 heavy (non-hydrogen) atoms. The number of hydrogen-bond donors (Lipinski definition) is 0. The first kappa shape index (κ1) is 29.9. The molecule has 1 nitrogen and oxygen atoms in total. The highest BCUT2D eigenvalue weighted by Gasteiger charge is 2.55. The Morgan fingerprint density at radius 3 is 2.55 bits per heavy atom. The zero-order chi connectivity index (χ0) is 32.4. The van der Waals surface area contributed by atoms with Gasteiger partial charge in [-0.05, 0) is 114 Å². The summed E-state index contributed by atoms with van der Waals surface area (Å²) in [6, 6.07) is 21.9. The van der Waals surface area contributed by atoms with Gasteiger partial charge in [-0.25, -0.2) is 0 Å². The van der Waals surface area contributed by atoms with Crippen molar-refractivity contribution < 1.29 is 0 Å². The van der Waals surface area contributed by atoms with E-state index >= 15 is 0 Å². The van der Waals surface area contributed by atoms with Crippen LogP contribution in [0.1, 0.15) is 80.9 Å². The molecule has 1 aliphatic heterocycles. The predicted molar refractivity (Wildman–Crippen MR) is 207 cm³/mol. The minimum absolute atomic E-state index is 0.282. The molecule has 0 spiro atoms. The smallest absolute Gasteiger partial charge is 0.0684 e. The van der Waals surface area contributed by atoms with Gasteiger partial charge in [0.15, 0.2) is 0 Å². The van der Waals surface area contributed by atoms with E-state index in [1.807, 2.05) is 0 Å². The summed E-state index contributed by atoms with van der Waals surface area (Å²) in [6.45, 7) is 0. The van der Waals surface area contributed by atoms with Gasteiger partial charge in [-0.1, -0.05) is 128 Å². The Hall–Kier alpha value is -4.01. The lowest BCUT2D eigenvalue weighted by atomic mass is 9.63. The number of hydrogen-bond acceptors (Lipinski definition) is 2. The molecule has 2 aromatic rings. The quantitative estimate of drug-likeness (QED) is 0.295. The molecule has 5 unspecified atom stereocenters. The molecule has 0 saturated carbocycles. The minimum Gasteiger partial charge on any atom is -0.364 e. The number of thioether (sulfide) groups is 1. The average Bonchev–Trinajstić information content (AvgIpc) is 3.71. The van der Waals surface area contributed by atoms with E-state index in [0.717, 1.165) is 38.5 Å². The lowest BCUT2D eigenvalue weighted by Crippen LogP contribution is -2.45. The standard InChI is InChI=1S/C47H45NS/c1-3-18-33(19-4-1)47(40-27-11-9-23-36(40)37-24-10-12-28-41(37)47)42-29-14-25-38-39-26-15-31-44(46(39)49-45(38)42)48(34-20-5-2-6-21-34)43-30-13-17-32-16-7-8-22-35(32)43/h1-5,7,9,11,13-14,16-19,23-29,34,38,43,45H,6,8,10,12,15,20-22,30-31H2. The third kappa shape index (κ3) is 4.52. The van der Waals surface area contributed by atoms with Crippen molar-refractivity contribution in [2.24, 2.45) is 5.92 Å². The van der Waals surface area contributed by atoms with Crippen LogP contribution in [0.25, 0.3) is 5.57 Å². The van der Waals surface area contributed by atoms with Gasteiger partial charge in [-0.2, -0.15) is 0 Å². The molecule has 1 heterocycles. The summed E-state index contributed by atoms with van der Waals surface area (Å²) in [6.07, 6.45) is 41.4. The first-order valence-electron chi connectivity index (χ1n) is 18.9. The summed E-state index contributed by atoms with van der Waals surface area (Å²) in [4.78, 5) is 4.59. The normalized spacial score (nSPS) is 30.9. The molecule has 2 heteroatoms. The van der Waals surface area contributed by atoms with Gasteiger partial charge in [0.2, 0.25) is 0 Å². The molecule has 2 aromatic carbocycles. The molecule has 8 aliphatic rings. The van der Waals surface area contributed by atoms with Crippen molar-refractivity contribution in [3.63, 3.8) is 0 Å².